The van der Waals surface area contributed by atoms with Gasteiger partial charge in [0.25, 0.3) is 5.91 Å². The zero-order valence-electron chi connectivity index (χ0n) is 10.6. The lowest BCUT2D eigenvalue weighted by atomic mass is 10.1. The summed E-state index contributed by atoms with van der Waals surface area (Å²) in [6.45, 7) is 5.61. The van der Waals surface area contributed by atoms with E-state index in [4.69, 9.17) is 5.73 Å². The number of anilines is 1. The first-order valence-corrected chi connectivity index (χ1v) is 6.50. The van der Waals surface area contributed by atoms with Crippen molar-refractivity contribution in [1.29, 1.82) is 0 Å². The number of hydrogen-bond acceptors (Lipinski definition) is 4. The Labute approximate surface area is 106 Å². The fourth-order valence-electron chi connectivity index (χ4n) is 3.05. The number of nitrogen functional groups attached to an aromatic ring is 1. The van der Waals surface area contributed by atoms with Gasteiger partial charge in [-0.2, -0.15) is 5.10 Å². The summed E-state index contributed by atoms with van der Waals surface area (Å²) < 4.78 is 0. The highest BCUT2D eigenvalue weighted by Crippen LogP contribution is 2.24. The van der Waals surface area contributed by atoms with Crippen molar-refractivity contribution in [2.24, 2.45) is 0 Å². The average molecular weight is 249 g/mol. The Morgan fingerprint density at radius 2 is 2.28 bits per heavy atom. The van der Waals surface area contributed by atoms with Crippen molar-refractivity contribution >= 4 is 11.7 Å². The molecule has 2 fully saturated rings. The van der Waals surface area contributed by atoms with Crippen molar-refractivity contribution in [1.82, 2.24) is 20.0 Å². The van der Waals surface area contributed by atoms with Crippen molar-refractivity contribution < 1.29 is 4.79 Å². The summed E-state index contributed by atoms with van der Waals surface area (Å²) in [6.07, 6.45) is 2.45. The molecule has 1 aromatic rings. The molecule has 6 nitrogen and oxygen atoms in total. The molecule has 2 saturated heterocycles. The van der Waals surface area contributed by atoms with Crippen LogP contribution < -0.4 is 5.73 Å². The molecule has 3 N–H and O–H groups in total. The Morgan fingerprint density at radius 1 is 1.44 bits per heavy atom. The number of nitrogens with zero attached hydrogens (tertiary/aromatic N) is 3. The van der Waals surface area contributed by atoms with Crippen LogP contribution in [-0.2, 0) is 0 Å². The molecule has 98 valence electrons. The van der Waals surface area contributed by atoms with Crippen molar-refractivity contribution in [3.05, 3.63) is 11.3 Å². The van der Waals surface area contributed by atoms with Gasteiger partial charge in [0, 0.05) is 31.4 Å². The predicted octanol–water partition coefficient (Wildman–Crippen LogP) is 0.221. The first-order chi connectivity index (χ1) is 8.66. The van der Waals surface area contributed by atoms with E-state index in [0.717, 1.165) is 25.3 Å². The quantitative estimate of drug-likeness (QED) is 0.746. The molecule has 0 aromatic carbocycles. The van der Waals surface area contributed by atoms with E-state index in [1.54, 1.807) is 0 Å². The van der Waals surface area contributed by atoms with Crippen LogP contribution >= 0.6 is 0 Å². The molecule has 2 aliphatic heterocycles. The Balaban J connectivity index is 1.77. The van der Waals surface area contributed by atoms with E-state index >= 15 is 0 Å². The third-order valence-corrected chi connectivity index (χ3v) is 4.06. The van der Waals surface area contributed by atoms with E-state index in [-0.39, 0.29) is 5.91 Å². The van der Waals surface area contributed by atoms with Gasteiger partial charge in [-0.3, -0.25) is 14.8 Å². The van der Waals surface area contributed by atoms with Gasteiger partial charge in [0.2, 0.25) is 0 Å². The van der Waals surface area contributed by atoms with E-state index in [1.165, 1.54) is 19.4 Å². The maximum atomic E-state index is 12.5. The molecule has 18 heavy (non-hydrogen) atoms. The summed E-state index contributed by atoms with van der Waals surface area (Å²) in [4.78, 5) is 16.9. The van der Waals surface area contributed by atoms with Crippen LogP contribution in [0.1, 0.15) is 28.9 Å². The van der Waals surface area contributed by atoms with Crippen molar-refractivity contribution in [3.63, 3.8) is 0 Å². The summed E-state index contributed by atoms with van der Waals surface area (Å²) in [6, 6.07) is 0.538. The minimum absolute atomic E-state index is 0.0188. The van der Waals surface area contributed by atoms with Crippen LogP contribution in [0.2, 0.25) is 0 Å². The van der Waals surface area contributed by atoms with Crippen LogP contribution in [0.3, 0.4) is 0 Å². The largest absolute Gasteiger partial charge is 0.382 e. The number of rotatable bonds is 1. The lowest BCUT2D eigenvalue weighted by Gasteiger charge is -2.37. The van der Waals surface area contributed by atoms with Crippen LogP contribution in [0.15, 0.2) is 0 Å². The first kappa shape index (κ1) is 11.5. The SMILES string of the molecule is Cc1[nH]nc(N)c1C(=O)N1CCN2CCCC2C1. The molecule has 0 radical (unpaired) electrons. The molecule has 1 unspecified atom stereocenters. The minimum Gasteiger partial charge on any atom is -0.382 e. The first-order valence-electron chi connectivity index (χ1n) is 6.50. The number of nitrogens with one attached hydrogen (secondary N) is 1. The molecule has 0 aliphatic carbocycles. The zero-order valence-corrected chi connectivity index (χ0v) is 10.6. The number of H-pyrrole nitrogens is 1. The number of hydrogen-bond donors (Lipinski definition) is 2. The molecule has 1 amide bonds. The Bertz CT molecular complexity index is 450. The zero-order chi connectivity index (χ0) is 12.7. The minimum atomic E-state index is 0.0188. The fourth-order valence-corrected chi connectivity index (χ4v) is 3.05. The topological polar surface area (TPSA) is 78.2 Å². The second-order valence-corrected chi connectivity index (χ2v) is 5.19. The molecular formula is C12H19N5O. The average Bonchev–Trinajstić information content (AvgIpc) is 2.94. The van der Waals surface area contributed by atoms with Gasteiger partial charge in [-0.25, -0.2) is 0 Å². The highest BCUT2D eigenvalue weighted by atomic mass is 16.2. The second kappa shape index (κ2) is 4.28. The van der Waals surface area contributed by atoms with Crippen LogP contribution in [0.25, 0.3) is 0 Å². The van der Waals surface area contributed by atoms with E-state index in [0.29, 0.717) is 17.4 Å². The number of amides is 1. The van der Waals surface area contributed by atoms with Crippen molar-refractivity contribution in [2.75, 3.05) is 31.9 Å². The molecule has 2 aliphatic rings. The van der Waals surface area contributed by atoms with Gasteiger partial charge in [0.05, 0.1) is 0 Å². The fraction of sp³-hybridized carbons (Fsp3) is 0.667. The molecule has 0 saturated carbocycles. The number of fused-ring (bicyclic) bond motifs is 1. The smallest absolute Gasteiger partial charge is 0.259 e. The maximum Gasteiger partial charge on any atom is 0.259 e. The Morgan fingerprint density at radius 3 is 3.00 bits per heavy atom. The molecule has 3 heterocycles. The molecule has 6 heteroatoms. The number of aromatic nitrogens is 2. The second-order valence-electron chi connectivity index (χ2n) is 5.19. The summed E-state index contributed by atoms with van der Waals surface area (Å²) >= 11 is 0. The van der Waals surface area contributed by atoms with E-state index in [9.17, 15) is 4.79 Å². The number of aromatic amines is 1. The summed E-state index contributed by atoms with van der Waals surface area (Å²) in [5.74, 6) is 0.330. The standard InChI is InChI=1S/C12H19N5O/c1-8-10(11(13)15-14-8)12(18)17-6-5-16-4-2-3-9(16)7-17/h9H,2-7H2,1H3,(H3,13,14,15). The number of carbonyl (C=O) groups is 1. The predicted molar refractivity (Wildman–Crippen MR) is 68.2 cm³/mol. The molecule has 1 aromatic heterocycles. The van der Waals surface area contributed by atoms with Crippen LogP contribution in [-0.4, -0.2) is 58.1 Å². The van der Waals surface area contributed by atoms with Crippen molar-refractivity contribution in [3.8, 4) is 0 Å². The molecule has 1 atom stereocenters. The third-order valence-electron chi connectivity index (χ3n) is 4.06. The van der Waals surface area contributed by atoms with Gasteiger partial charge >= 0.3 is 0 Å². The number of carbonyl (C=O) groups excluding carboxylic acids is 1. The normalized spacial score (nSPS) is 24.3. The Hall–Kier alpha value is -1.56. The number of piperazine rings is 1. The van der Waals surface area contributed by atoms with Crippen LogP contribution in [0, 0.1) is 6.92 Å². The van der Waals surface area contributed by atoms with Gasteiger partial charge in [0.15, 0.2) is 5.82 Å². The van der Waals surface area contributed by atoms with Crippen LogP contribution in [0.5, 0.6) is 0 Å². The summed E-state index contributed by atoms with van der Waals surface area (Å²) in [5, 5.41) is 6.66. The van der Waals surface area contributed by atoms with E-state index in [2.05, 4.69) is 15.1 Å². The highest BCUT2D eigenvalue weighted by molar-refractivity contribution is 5.99. The summed E-state index contributed by atoms with van der Waals surface area (Å²) in [7, 11) is 0. The molecule has 0 spiro atoms. The maximum absolute atomic E-state index is 12.5. The molecule has 0 bridgehead atoms. The van der Waals surface area contributed by atoms with Crippen LogP contribution in [0.4, 0.5) is 5.82 Å². The summed E-state index contributed by atoms with van der Waals surface area (Å²) in [5.41, 5.74) is 7.05. The van der Waals surface area contributed by atoms with Gasteiger partial charge in [-0.05, 0) is 26.3 Å². The van der Waals surface area contributed by atoms with Crippen molar-refractivity contribution in [2.45, 2.75) is 25.8 Å². The van der Waals surface area contributed by atoms with Gasteiger partial charge in [-0.1, -0.05) is 0 Å². The molecular weight excluding hydrogens is 230 g/mol. The lowest BCUT2D eigenvalue weighted by Crippen LogP contribution is -2.52. The van der Waals surface area contributed by atoms with Gasteiger partial charge in [-0.15, -0.1) is 0 Å². The highest BCUT2D eigenvalue weighted by Gasteiger charge is 2.34. The lowest BCUT2D eigenvalue weighted by molar-refractivity contribution is 0.0571. The number of nitrogens with two attached hydrogens (primary N) is 1. The van der Waals surface area contributed by atoms with Gasteiger partial charge < -0.3 is 10.6 Å². The Kier molecular flexibility index (Phi) is 2.74. The van der Waals surface area contributed by atoms with E-state index < -0.39 is 0 Å². The monoisotopic (exact) mass is 249 g/mol. The molecule has 3 rings (SSSR count). The van der Waals surface area contributed by atoms with E-state index in [1.807, 2.05) is 11.8 Å². The number of aryl methyl sites for hydroxylation is 1. The third kappa shape index (κ3) is 1.77. The van der Waals surface area contributed by atoms with Gasteiger partial charge in [0.1, 0.15) is 5.56 Å².